The zero-order valence-electron chi connectivity index (χ0n) is 10.1. The molecule has 5 nitrogen and oxygen atoms in total. The fraction of sp³-hybridized carbons (Fsp3) is 0.500. The minimum Gasteiger partial charge on any atom is -0.357 e. The van der Waals surface area contributed by atoms with Crippen molar-refractivity contribution in [3.8, 4) is 11.5 Å². The lowest BCUT2D eigenvalue weighted by atomic mass is 9.95. The summed E-state index contributed by atoms with van der Waals surface area (Å²) in [5, 5.41) is 8.06. The van der Waals surface area contributed by atoms with E-state index in [2.05, 4.69) is 27.4 Å². The smallest absolute Gasteiger partial charge is 0.231 e. The number of rotatable bonds is 2. The SMILES string of the molecule is C[C@@H]1CCC(c2nc(-c3cc(Cl)c[nH]3)no2)CN1. The first kappa shape index (κ1) is 11.7. The molecule has 0 radical (unpaired) electrons. The van der Waals surface area contributed by atoms with Crippen LogP contribution in [0.3, 0.4) is 0 Å². The van der Waals surface area contributed by atoms with E-state index in [-0.39, 0.29) is 0 Å². The van der Waals surface area contributed by atoms with Gasteiger partial charge in [-0.2, -0.15) is 4.98 Å². The molecule has 2 aromatic heterocycles. The van der Waals surface area contributed by atoms with E-state index in [0.717, 1.165) is 25.1 Å². The van der Waals surface area contributed by atoms with E-state index in [0.29, 0.717) is 28.7 Å². The first-order valence-electron chi connectivity index (χ1n) is 6.13. The molecule has 6 heteroatoms. The predicted octanol–water partition coefficient (Wildman–Crippen LogP) is 2.57. The molecule has 1 unspecified atom stereocenters. The number of H-pyrrole nitrogens is 1. The van der Waals surface area contributed by atoms with Gasteiger partial charge in [0.1, 0.15) is 0 Å². The maximum Gasteiger partial charge on any atom is 0.231 e. The Balaban J connectivity index is 1.77. The normalized spacial score (nSPS) is 24.3. The molecule has 0 amide bonds. The topological polar surface area (TPSA) is 66.7 Å². The second kappa shape index (κ2) is 4.74. The van der Waals surface area contributed by atoms with Crippen molar-refractivity contribution in [2.75, 3.05) is 6.54 Å². The molecule has 18 heavy (non-hydrogen) atoms. The van der Waals surface area contributed by atoms with E-state index in [1.165, 1.54) is 0 Å². The monoisotopic (exact) mass is 266 g/mol. The van der Waals surface area contributed by atoms with E-state index in [4.69, 9.17) is 16.1 Å². The van der Waals surface area contributed by atoms with Gasteiger partial charge >= 0.3 is 0 Å². The van der Waals surface area contributed by atoms with Crippen molar-refractivity contribution in [2.45, 2.75) is 31.7 Å². The molecule has 1 saturated heterocycles. The van der Waals surface area contributed by atoms with Gasteiger partial charge in [0.05, 0.1) is 16.6 Å². The lowest BCUT2D eigenvalue weighted by Gasteiger charge is -2.24. The Morgan fingerprint density at radius 3 is 3.00 bits per heavy atom. The van der Waals surface area contributed by atoms with Crippen LogP contribution in [0, 0.1) is 0 Å². The molecule has 96 valence electrons. The van der Waals surface area contributed by atoms with Crippen molar-refractivity contribution < 1.29 is 4.52 Å². The molecule has 3 heterocycles. The van der Waals surface area contributed by atoms with Gasteiger partial charge in [0, 0.05) is 18.8 Å². The van der Waals surface area contributed by atoms with E-state index in [1.54, 1.807) is 12.3 Å². The zero-order valence-corrected chi connectivity index (χ0v) is 10.9. The quantitative estimate of drug-likeness (QED) is 0.877. The summed E-state index contributed by atoms with van der Waals surface area (Å²) < 4.78 is 5.34. The molecule has 0 saturated carbocycles. The van der Waals surface area contributed by atoms with Crippen LogP contribution in [-0.2, 0) is 0 Å². The number of halogens is 1. The average molecular weight is 267 g/mol. The minimum atomic E-state index is 0.313. The van der Waals surface area contributed by atoms with Gasteiger partial charge in [-0.1, -0.05) is 16.8 Å². The van der Waals surface area contributed by atoms with Crippen LogP contribution in [0.4, 0.5) is 0 Å². The maximum absolute atomic E-state index is 5.85. The highest BCUT2D eigenvalue weighted by molar-refractivity contribution is 6.30. The molecule has 1 aliphatic rings. The Morgan fingerprint density at radius 2 is 2.33 bits per heavy atom. The number of nitrogens with zero attached hydrogens (tertiary/aromatic N) is 2. The van der Waals surface area contributed by atoms with Crippen LogP contribution in [0.1, 0.15) is 31.6 Å². The Hall–Kier alpha value is -1.33. The first-order chi connectivity index (χ1) is 8.72. The summed E-state index contributed by atoms with van der Waals surface area (Å²) >= 11 is 5.85. The molecule has 2 atom stereocenters. The number of aromatic nitrogens is 3. The van der Waals surface area contributed by atoms with Crippen molar-refractivity contribution >= 4 is 11.6 Å². The van der Waals surface area contributed by atoms with Crippen molar-refractivity contribution in [3.05, 3.63) is 23.2 Å². The maximum atomic E-state index is 5.85. The fourth-order valence-corrected chi connectivity index (χ4v) is 2.38. The molecular formula is C12H15ClN4O. The van der Waals surface area contributed by atoms with Crippen molar-refractivity contribution in [1.82, 2.24) is 20.4 Å². The summed E-state index contributed by atoms with van der Waals surface area (Å²) in [6.07, 6.45) is 3.93. The number of hydrogen-bond acceptors (Lipinski definition) is 4. The Bertz CT molecular complexity index is 528. The first-order valence-corrected chi connectivity index (χ1v) is 6.51. The summed E-state index contributed by atoms with van der Waals surface area (Å²) in [5.74, 6) is 1.58. The van der Waals surface area contributed by atoms with E-state index >= 15 is 0 Å². The molecule has 0 aromatic carbocycles. The fourth-order valence-electron chi connectivity index (χ4n) is 2.22. The van der Waals surface area contributed by atoms with Gasteiger partial charge in [-0.15, -0.1) is 0 Å². The number of aromatic amines is 1. The lowest BCUT2D eigenvalue weighted by Crippen LogP contribution is -2.35. The van der Waals surface area contributed by atoms with Crippen molar-refractivity contribution in [1.29, 1.82) is 0 Å². The molecular weight excluding hydrogens is 252 g/mol. The van der Waals surface area contributed by atoms with Gasteiger partial charge in [-0.25, -0.2) is 0 Å². The van der Waals surface area contributed by atoms with Crippen LogP contribution in [-0.4, -0.2) is 27.7 Å². The summed E-state index contributed by atoms with van der Waals surface area (Å²) in [6, 6.07) is 2.36. The third-order valence-electron chi connectivity index (χ3n) is 3.34. The molecule has 0 bridgehead atoms. The molecule has 2 N–H and O–H groups in total. The van der Waals surface area contributed by atoms with Crippen LogP contribution in [0.25, 0.3) is 11.5 Å². The van der Waals surface area contributed by atoms with E-state index in [9.17, 15) is 0 Å². The minimum absolute atomic E-state index is 0.313. The van der Waals surface area contributed by atoms with Gasteiger partial charge in [-0.05, 0) is 25.8 Å². The molecule has 1 aliphatic heterocycles. The van der Waals surface area contributed by atoms with Crippen LogP contribution in [0.5, 0.6) is 0 Å². The van der Waals surface area contributed by atoms with E-state index < -0.39 is 0 Å². The van der Waals surface area contributed by atoms with Crippen molar-refractivity contribution in [2.24, 2.45) is 0 Å². The van der Waals surface area contributed by atoms with Gasteiger partial charge in [0.25, 0.3) is 0 Å². The van der Waals surface area contributed by atoms with Crippen LogP contribution in [0.15, 0.2) is 16.8 Å². The van der Waals surface area contributed by atoms with E-state index in [1.807, 2.05) is 0 Å². The van der Waals surface area contributed by atoms with Gasteiger partial charge < -0.3 is 14.8 Å². The summed E-state index contributed by atoms with van der Waals surface area (Å²) in [6.45, 7) is 3.09. The highest BCUT2D eigenvalue weighted by Gasteiger charge is 2.24. The standard InChI is InChI=1S/C12H15ClN4O/c1-7-2-3-8(5-14-7)12-16-11(17-18-12)10-4-9(13)6-15-10/h4,6-8,14-15H,2-3,5H2,1H3/t7-,8?/m1/s1. The highest BCUT2D eigenvalue weighted by Crippen LogP contribution is 2.26. The van der Waals surface area contributed by atoms with Crippen LogP contribution >= 0.6 is 11.6 Å². The number of hydrogen-bond donors (Lipinski definition) is 2. The van der Waals surface area contributed by atoms with Gasteiger partial charge in [0.15, 0.2) is 0 Å². The highest BCUT2D eigenvalue weighted by atomic mass is 35.5. The Labute approximate surface area is 110 Å². The van der Waals surface area contributed by atoms with Crippen molar-refractivity contribution in [3.63, 3.8) is 0 Å². The third kappa shape index (κ3) is 2.28. The average Bonchev–Trinajstić information content (AvgIpc) is 2.98. The molecule has 0 aliphatic carbocycles. The van der Waals surface area contributed by atoms with Gasteiger partial charge in [0.2, 0.25) is 11.7 Å². The van der Waals surface area contributed by atoms with Gasteiger partial charge in [-0.3, -0.25) is 0 Å². The second-order valence-electron chi connectivity index (χ2n) is 4.77. The Kier molecular flexibility index (Phi) is 3.09. The summed E-state index contributed by atoms with van der Waals surface area (Å²) in [5.41, 5.74) is 0.784. The predicted molar refractivity (Wildman–Crippen MR) is 68.5 cm³/mol. The summed E-state index contributed by atoms with van der Waals surface area (Å²) in [4.78, 5) is 7.45. The third-order valence-corrected chi connectivity index (χ3v) is 3.56. The molecule has 0 spiro atoms. The molecule has 2 aromatic rings. The summed E-state index contributed by atoms with van der Waals surface area (Å²) in [7, 11) is 0. The molecule has 3 rings (SSSR count). The zero-order chi connectivity index (χ0) is 12.5. The molecule has 1 fully saturated rings. The Morgan fingerprint density at radius 1 is 1.44 bits per heavy atom. The largest absolute Gasteiger partial charge is 0.357 e. The number of nitrogens with one attached hydrogen (secondary N) is 2. The number of piperidine rings is 1. The second-order valence-corrected chi connectivity index (χ2v) is 5.21. The van der Waals surface area contributed by atoms with Crippen LogP contribution < -0.4 is 5.32 Å². The van der Waals surface area contributed by atoms with Crippen LogP contribution in [0.2, 0.25) is 5.02 Å². The lowest BCUT2D eigenvalue weighted by molar-refractivity contribution is 0.301.